The summed E-state index contributed by atoms with van der Waals surface area (Å²) in [5.41, 5.74) is -0.708. The van der Waals surface area contributed by atoms with Gasteiger partial charge in [-0.05, 0) is 51.0 Å². The van der Waals surface area contributed by atoms with E-state index in [-0.39, 0.29) is 18.7 Å². The Kier molecular flexibility index (Phi) is 9.07. The van der Waals surface area contributed by atoms with Gasteiger partial charge >= 0.3 is 12.3 Å². The van der Waals surface area contributed by atoms with Crippen molar-refractivity contribution in [3.63, 3.8) is 0 Å². The lowest BCUT2D eigenvalue weighted by molar-refractivity contribution is -0.137. The van der Waals surface area contributed by atoms with Crippen molar-refractivity contribution in [2.75, 3.05) is 39.4 Å². The summed E-state index contributed by atoms with van der Waals surface area (Å²) in [6.07, 6.45) is -3.07. The largest absolute Gasteiger partial charge is 0.492 e. The van der Waals surface area contributed by atoms with E-state index in [2.05, 4.69) is 15.6 Å². The molecule has 2 N–H and O–H groups in total. The lowest BCUT2D eigenvalue weighted by Gasteiger charge is -2.32. The van der Waals surface area contributed by atoms with Crippen LogP contribution < -0.4 is 15.4 Å². The van der Waals surface area contributed by atoms with E-state index in [9.17, 15) is 18.0 Å². The van der Waals surface area contributed by atoms with Crippen LogP contribution in [0.1, 0.15) is 32.3 Å². The van der Waals surface area contributed by atoms with E-state index in [0.29, 0.717) is 44.5 Å². The Labute approximate surface area is 174 Å². The highest BCUT2D eigenvalue weighted by atomic mass is 19.4. The molecule has 1 heterocycles. The highest BCUT2D eigenvalue weighted by Gasteiger charge is 2.30. The van der Waals surface area contributed by atoms with E-state index in [1.165, 1.54) is 12.1 Å². The average Bonchev–Trinajstić information content (AvgIpc) is 2.71. The highest BCUT2D eigenvalue weighted by Crippen LogP contribution is 2.30. The number of piperidine rings is 1. The van der Waals surface area contributed by atoms with Gasteiger partial charge in [-0.25, -0.2) is 9.79 Å². The van der Waals surface area contributed by atoms with Gasteiger partial charge in [-0.2, -0.15) is 13.2 Å². The summed E-state index contributed by atoms with van der Waals surface area (Å²) >= 11 is 0. The van der Waals surface area contributed by atoms with Crippen LogP contribution in [0.2, 0.25) is 0 Å². The number of nitrogens with one attached hydrogen (secondary N) is 2. The number of alkyl halides is 3. The summed E-state index contributed by atoms with van der Waals surface area (Å²) in [5.74, 6) is 1.01. The van der Waals surface area contributed by atoms with Crippen LogP contribution in [0.15, 0.2) is 29.3 Å². The van der Waals surface area contributed by atoms with E-state index in [1.54, 1.807) is 11.8 Å². The second-order valence-corrected chi connectivity index (χ2v) is 6.74. The molecule has 7 nitrogen and oxygen atoms in total. The molecular weight excluding hydrogens is 401 g/mol. The van der Waals surface area contributed by atoms with Crippen LogP contribution in [-0.4, -0.2) is 62.4 Å². The number of likely N-dealkylation sites (tertiary alicyclic amines) is 1. The van der Waals surface area contributed by atoms with E-state index >= 15 is 0 Å². The molecule has 0 atom stereocenters. The fraction of sp³-hybridized carbons (Fsp3) is 0.600. The standard InChI is InChI=1S/C20H29F3N4O3/c1-3-24-18(26-16-9-12-27(13-10-16)19(28)29-4-2)25-11-14-30-17-7-5-15(6-8-17)20(21,22)23/h5-8,16H,3-4,9-14H2,1-2H3,(H2,24,25,26). The fourth-order valence-corrected chi connectivity index (χ4v) is 3.00. The number of guanidine groups is 1. The maximum atomic E-state index is 12.6. The maximum Gasteiger partial charge on any atom is 0.416 e. The van der Waals surface area contributed by atoms with Crippen LogP contribution in [0.3, 0.4) is 0 Å². The van der Waals surface area contributed by atoms with Crippen molar-refractivity contribution >= 4 is 12.1 Å². The van der Waals surface area contributed by atoms with Crippen molar-refractivity contribution in [3.05, 3.63) is 29.8 Å². The zero-order valence-electron chi connectivity index (χ0n) is 17.3. The van der Waals surface area contributed by atoms with Crippen molar-refractivity contribution < 1.29 is 27.4 Å². The third-order valence-corrected chi connectivity index (χ3v) is 4.52. The molecule has 0 aromatic heterocycles. The Morgan fingerprint density at radius 3 is 2.43 bits per heavy atom. The van der Waals surface area contributed by atoms with E-state index in [1.807, 2.05) is 6.92 Å². The molecule has 2 rings (SSSR count). The molecule has 0 bridgehead atoms. The second kappa shape index (κ2) is 11.5. The molecule has 1 amide bonds. The van der Waals surface area contributed by atoms with Crippen molar-refractivity contribution in [1.82, 2.24) is 15.5 Å². The number of halogens is 3. The van der Waals surface area contributed by atoms with Gasteiger partial charge < -0.3 is 25.0 Å². The van der Waals surface area contributed by atoms with Gasteiger partial charge in [0.2, 0.25) is 0 Å². The summed E-state index contributed by atoms with van der Waals surface area (Å²) in [6.45, 7) is 6.61. The summed E-state index contributed by atoms with van der Waals surface area (Å²) in [4.78, 5) is 17.9. The summed E-state index contributed by atoms with van der Waals surface area (Å²) < 4.78 is 48.2. The highest BCUT2D eigenvalue weighted by molar-refractivity contribution is 5.80. The predicted molar refractivity (Wildman–Crippen MR) is 108 cm³/mol. The molecule has 0 saturated carbocycles. The van der Waals surface area contributed by atoms with Crippen molar-refractivity contribution in [1.29, 1.82) is 0 Å². The third-order valence-electron chi connectivity index (χ3n) is 4.52. The zero-order chi connectivity index (χ0) is 22.0. The quantitative estimate of drug-likeness (QED) is 0.395. The van der Waals surface area contributed by atoms with Crippen molar-refractivity contribution in [2.24, 2.45) is 4.99 Å². The van der Waals surface area contributed by atoms with Crippen LogP contribution in [0.5, 0.6) is 5.75 Å². The molecule has 1 aromatic carbocycles. The molecule has 30 heavy (non-hydrogen) atoms. The first kappa shape index (κ1) is 23.6. The van der Waals surface area contributed by atoms with Crippen LogP contribution >= 0.6 is 0 Å². The molecule has 0 radical (unpaired) electrons. The number of ether oxygens (including phenoxy) is 2. The molecule has 1 aliphatic heterocycles. The minimum atomic E-state index is -4.36. The van der Waals surface area contributed by atoms with Crippen molar-refractivity contribution in [3.8, 4) is 5.75 Å². The molecule has 0 aliphatic carbocycles. The van der Waals surface area contributed by atoms with Gasteiger partial charge in [0.05, 0.1) is 18.7 Å². The lowest BCUT2D eigenvalue weighted by Crippen LogP contribution is -2.50. The molecule has 1 aromatic rings. The smallest absolute Gasteiger partial charge is 0.416 e. The molecule has 1 saturated heterocycles. The maximum absolute atomic E-state index is 12.6. The van der Waals surface area contributed by atoms with Gasteiger partial charge in [-0.15, -0.1) is 0 Å². The molecule has 10 heteroatoms. The summed E-state index contributed by atoms with van der Waals surface area (Å²) in [7, 11) is 0. The van der Waals surface area contributed by atoms with E-state index < -0.39 is 11.7 Å². The van der Waals surface area contributed by atoms with Crippen molar-refractivity contribution in [2.45, 2.75) is 38.9 Å². The van der Waals surface area contributed by atoms with Gasteiger partial charge in [-0.3, -0.25) is 0 Å². The molecule has 0 spiro atoms. The number of nitrogens with zero attached hydrogens (tertiary/aromatic N) is 2. The number of benzene rings is 1. The molecular formula is C20H29F3N4O3. The Morgan fingerprint density at radius 1 is 1.20 bits per heavy atom. The number of hydrogen-bond donors (Lipinski definition) is 2. The normalized spacial score (nSPS) is 15.6. The summed E-state index contributed by atoms with van der Waals surface area (Å²) in [6, 6.07) is 4.77. The monoisotopic (exact) mass is 430 g/mol. The number of hydrogen-bond acceptors (Lipinski definition) is 4. The van der Waals surface area contributed by atoms with E-state index in [4.69, 9.17) is 9.47 Å². The minimum Gasteiger partial charge on any atom is -0.492 e. The first-order valence-corrected chi connectivity index (χ1v) is 10.1. The predicted octanol–water partition coefficient (Wildman–Crippen LogP) is 3.26. The van der Waals surface area contributed by atoms with Gasteiger partial charge in [-0.1, -0.05) is 0 Å². The number of carbonyl (C=O) groups is 1. The first-order valence-electron chi connectivity index (χ1n) is 10.1. The average molecular weight is 430 g/mol. The second-order valence-electron chi connectivity index (χ2n) is 6.74. The lowest BCUT2D eigenvalue weighted by atomic mass is 10.1. The number of carbonyl (C=O) groups excluding carboxylic acids is 1. The SMILES string of the molecule is CCNC(=NCCOc1ccc(C(F)(F)F)cc1)NC1CCN(C(=O)OCC)CC1. The Hall–Kier alpha value is -2.65. The Morgan fingerprint density at radius 2 is 1.87 bits per heavy atom. The van der Waals surface area contributed by atoms with Gasteiger partial charge in [0, 0.05) is 25.7 Å². The topological polar surface area (TPSA) is 75.2 Å². The third kappa shape index (κ3) is 7.64. The molecule has 1 fully saturated rings. The Bertz CT molecular complexity index is 688. The van der Waals surface area contributed by atoms with Crippen LogP contribution in [-0.2, 0) is 10.9 Å². The molecule has 1 aliphatic rings. The summed E-state index contributed by atoms with van der Waals surface area (Å²) in [5, 5.41) is 6.51. The van der Waals surface area contributed by atoms with Gasteiger partial charge in [0.1, 0.15) is 12.4 Å². The Balaban J connectivity index is 1.77. The minimum absolute atomic E-state index is 0.185. The van der Waals surface area contributed by atoms with Crippen LogP contribution in [0.4, 0.5) is 18.0 Å². The zero-order valence-corrected chi connectivity index (χ0v) is 17.3. The number of aliphatic imine (C=N–C) groups is 1. The van der Waals surface area contributed by atoms with E-state index in [0.717, 1.165) is 25.0 Å². The first-order chi connectivity index (χ1) is 14.3. The van der Waals surface area contributed by atoms with Crippen LogP contribution in [0.25, 0.3) is 0 Å². The van der Waals surface area contributed by atoms with Crippen LogP contribution in [0, 0.1) is 0 Å². The fourth-order valence-electron chi connectivity index (χ4n) is 3.00. The van der Waals surface area contributed by atoms with Gasteiger partial charge in [0.25, 0.3) is 0 Å². The molecule has 0 unspecified atom stereocenters. The number of amides is 1. The number of rotatable bonds is 7. The molecule has 168 valence electrons. The van der Waals surface area contributed by atoms with Gasteiger partial charge in [0.15, 0.2) is 5.96 Å².